The molecule has 0 saturated heterocycles. The Labute approximate surface area is 119 Å². The highest BCUT2D eigenvalue weighted by Crippen LogP contribution is 2.33. The molecule has 0 spiro atoms. The first-order valence-corrected chi connectivity index (χ1v) is 6.43. The van der Waals surface area contributed by atoms with Gasteiger partial charge >= 0.3 is 6.18 Å². The van der Waals surface area contributed by atoms with E-state index in [-0.39, 0.29) is 6.04 Å². The third-order valence-corrected chi connectivity index (χ3v) is 3.08. The lowest BCUT2D eigenvalue weighted by atomic mass is 9.98. The zero-order valence-electron chi connectivity index (χ0n) is 11.3. The van der Waals surface area contributed by atoms with Crippen LogP contribution in [0.2, 0.25) is 0 Å². The maximum absolute atomic E-state index is 13.7. The number of aromatic nitrogens is 1. The van der Waals surface area contributed by atoms with Gasteiger partial charge in [0.1, 0.15) is 5.82 Å². The summed E-state index contributed by atoms with van der Waals surface area (Å²) in [6, 6.07) is 6.09. The standard InChI is InChI=1S/C15H14F4N2/c1-2-21-14(10-5-7-20-8-6-10)11-3-4-12(13(16)9-11)15(17,18)19/h3-9,14,21H,2H2,1H3. The highest BCUT2D eigenvalue weighted by Gasteiger charge is 2.34. The topological polar surface area (TPSA) is 24.9 Å². The Morgan fingerprint density at radius 1 is 1.10 bits per heavy atom. The zero-order chi connectivity index (χ0) is 15.5. The molecule has 0 radical (unpaired) electrons. The van der Waals surface area contributed by atoms with E-state index >= 15 is 0 Å². The third-order valence-electron chi connectivity index (χ3n) is 3.08. The molecule has 1 N–H and O–H groups in total. The molecule has 0 aliphatic heterocycles. The summed E-state index contributed by atoms with van der Waals surface area (Å²) in [4.78, 5) is 3.89. The van der Waals surface area contributed by atoms with Crippen LogP contribution in [0.15, 0.2) is 42.7 Å². The summed E-state index contributed by atoms with van der Waals surface area (Å²) >= 11 is 0. The molecule has 6 heteroatoms. The monoisotopic (exact) mass is 298 g/mol. The molecule has 0 amide bonds. The van der Waals surface area contributed by atoms with Crippen molar-refractivity contribution in [2.45, 2.75) is 19.1 Å². The average Bonchev–Trinajstić information content (AvgIpc) is 2.44. The van der Waals surface area contributed by atoms with Crippen LogP contribution in [-0.2, 0) is 6.18 Å². The first-order valence-electron chi connectivity index (χ1n) is 6.43. The molecule has 112 valence electrons. The molecule has 0 aliphatic carbocycles. The summed E-state index contributed by atoms with van der Waals surface area (Å²) in [5.74, 6) is -1.27. The molecule has 2 rings (SSSR count). The molecule has 1 heterocycles. The van der Waals surface area contributed by atoms with Crippen molar-refractivity contribution < 1.29 is 17.6 Å². The molecule has 1 atom stereocenters. The van der Waals surface area contributed by atoms with Crippen molar-refractivity contribution >= 4 is 0 Å². The SMILES string of the molecule is CCNC(c1ccncc1)c1ccc(C(F)(F)F)c(F)c1. The van der Waals surface area contributed by atoms with E-state index in [0.717, 1.165) is 17.7 Å². The highest BCUT2D eigenvalue weighted by molar-refractivity contribution is 5.34. The number of halogens is 4. The molecule has 2 nitrogen and oxygen atoms in total. The summed E-state index contributed by atoms with van der Waals surface area (Å²) in [6.07, 6.45) is -1.52. The molecule has 1 unspecified atom stereocenters. The van der Waals surface area contributed by atoms with Crippen molar-refractivity contribution in [2.75, 3.05) is 6.54 Å². The summed E-state index contributed by atoms with van der Waals surface area (Å²) in [7, 11) is 0. The third kappa shape index (κ3) is 3.58. The van der Waals surface area contributed by atoms with E-state index in [1.807, 2.05) is 6.92 Å². The van der Waals surface area contributed by atoms with Gasteiger partial charge in [-0.25, -0.2) is 4.39 Å². The fourth-order valence-corrected chi connectivity index (χ4v) is 2.13. The van der Waals surface area contributed by atoms with E-state index < -0.39 is 17.6 Å². The van der Waals surface area contributed by atoms with Crippen LogP contribution in [0, 0.1) is 5.82 Å². The lowest BCUT2D eigenvalue weighted by Crippen LogP contribution is -2.22. The van der Waals surface area contributed by atoms with Gasteiger partial charge in [0.25, 0.3) is 0 Å². The van der Waals surface area contributed by atoms with Gasteiger partial charge in [-0.15, -0.1) is 0 Å². The number of nitrogens with one attached hydrogen (secondary N) is 1. The van der Waals surface area contributed by atoms with Gasteiger partial charge in [-0.05, 0) is 41.9 Å². The lowest BCUT2D eigenvalue weighted by Gasteiger charge is -2.19. The van der Waals surface area contributed by atoms with E-state index in [0.29, 0.717) is 12.1 Å². The molecule has 1 aromatic carbocycles. The second-order valence-corrected chi connectivity index (χ2v) is 4.51. The van der Waals surface area contributed by atoms with Crippen molar-refractivity contribution in [1.82, 2.24) is 10.3 Å². The highest BCUT2D eigenvalue weighted by atomic mass is 19.4. The van der Waals surface area contributed by atoms with Crippen molar-refractivity contribution in [3.8, 4) is 0 Å². The van der Waals surface area contributed by atoms with E-state index in [1.54, 1.807) is 24.5 Å². The molecule has 1 aromatic heterocycles. The summed E-state index contributed by atoms with van der Waals surface area (Å²) in [5.41, 5.74) is -0.00390. The van der Waals surface area contributed by atoms with Crippen LogP contribution < -0.4 is 5.32 Å². The smallest absolute Gasteiger partial charge is 0.307 e. The Balaban J connectivity index is 2.41. The van der Waals surface area contributed by atoms with E-state index in [1.165, 1.54) is 6.07 Å². The van der Waals surface area contributed by atoms with E-state index in [2.05, 4.69) is 10.3 Å². The Kier molecular flexibility index (Phi) is 4.57. The van der Waals surface area contributed by atoms with Crippen molar-refractivity contribution in [1.29, 1.82) is 0 Å². The maximum Gasteiger partial charge on any atom is 0.419 e. The number of alkyl halides is 3. The molecule has 0 bridgehead atoms. The minimum Gasteiger partial charge on any atom is -0.307 e. The van der Waals surface area contributed by atoms with Crippen LogP contribution in [0.5, 0.6) is 0 Å². The van der Waals surface area contributed by atoms with Gasteiger partial charge in [-0.2, -0.15) is 13.2 Å². The van der Waals surface area contributed by atoms with E-state index in [9.17, 15) is 17.6 Å². The predicted octanol–water partition coefficient (Wildman–Crippen LogP) is 3.94. The van der Waals surface area contributed by atoms with Crippen LogP contribution in [0.3, 0.4) is 0 Å². The van der Waals surface area contributed by atoms with Crippen molar-refractivity contribution in [2.24, 2.45) is 0 Å². The van der Waals surface area contributed by atoms with Gasteiger partial charge in [0, 0.05) is 12.4 Å². The fraction of sp³-hybridized carbons (Fsp3) is 0.267. The average molecular weight is 298 g/mol. The van der Waals surface area contributed by atoms with Gasteiger partial charge in [0.2, 0.25) is 0 Å². The van der Waals surface area contributed by atoms with Crippen molar-refractivity contribution in [3.63, 3.8) is 0 Å². The quantitative estimate of drug-likeness (QED) is 0.865. The van der Waals surface area contributed by atoms with Crippen LogP contribution >= 0.6 is 0 Å². The fourth-order valence-electron chi connectivity index (χ4n) is 2.13. The first-order chi connectivity index (χ1) is 9.93. The number of pyridine rings is 1. The number of hydrogen-bond acceptors (Lipinski definition) is 2. The number of benzene rings is 1. The largest absolute Gasteiger partial charge is 0.419 e. The van der Waals surface area contributed by atoms with Gasteiger partial charge in [-0.3, -0.25) is 4.98 Å². The molecule has 0 fully saturated rings. The summed E-state index contributed by atoms with van der Waals surface area (Å²) in [5, 5.41) is 3.12. The normalized spacial score (nSPS) is 13.2. The minimum atomic E-state index is -4.69. The maximum atomic E-state index is 13.7. The molecular weight excluding hydrogens is 284 g/mol. The Bertz CT molecular complexity index is 596. The van der Waals surface area contributed by atoms with Crippen LogP contribution in [0.4, 0.5) is 17.6 Å². The Hall–Kier alpha value is -1.95. The number of nitrogens with zero attached hydrogens (tertiary/aromatic N) is 1. The van der Waals surface area contributed by atoms with E-state index in [4.69, 9.17) is 0 Å². The van der Waals surface area contributed by atoms with Crippen LogP contribution in [-0.4, -0.2) is 11.5 Å². The number of hydrogen-bond donors (Lipinski definition) is 1. The molecular formula is C15H14F4N2. The minimum absolute atomic E-state index is 0.380. The van der Waals surface area contributed by atoms with Crippen LogP contribution in [0.1, 0.15) is 29.7 Å². The van der Waals surface area contributed by atoms with Gasteiger partial charge in [0.05, 0.1) is 11.6 Å². The predicted molar refractivity (Wildman–Crippen MR) is 71.2 cm³/mol. The Morgan fingerprint density at radius 3 is 2.29 bits per heavy atom. The Morgan fingerprint density at radius 2 is 1.76 bits per heavy atom. The summed E-state index contributed by atoms with van der Waals surface area (Å²) in [6.45, 7) is 2.46. The van der Waals surface area contributed by atoms with Gasteiger partial charge < -0.3 is 5.32 Å². The lowest BCUT2D eigenvalue weighted by molar-refractivity contribution is -0.140. The second kappa shape index (κ2) is 6.22. The van der Waals surface area contributed by atoms with Crippen molar-refractivity contribution in [3.05, 3.63) is 65.2 Å². The first kappa shape index (κ1) is 15.4. The van der Waals surface area contributed by atoms with Gasteiger partial charge in [0.15, 0.2) is 0 Å². The zero-order valence-corrected chi connectivity index (χ0v) is 11.3. The van der Waals surface area contributed by atoms with Crippen LogP contribution in [0.25, 0.3) is 0 Å². The molecule has 0 saturated carbocycles. The molecule has 0 aliphatic rings. The summed E-state index contributed by atoms with van der Waals surface area (Å²) < 4.78 is 51.5. The van der Waals surface area contributed by atoms with Gasteiger partial charge in [-0.1, -0.05) is 13.0 Å². The molecule has 2 aromatic rings. The second-order valence-electron chi connectivity index (χ2n) is 4.51. The molecule has 21 heavy (non-hydrogen) atoms. The number of rotatable bonds is 4.